The molecule has 0 radical (unpaired) electrons. The van der Waals surface area contributed by atoms with Gasteiger partial charge in [-0.3, -0.25) is 4.99 Å². The summed E-state index contributed by atoms with van der Waals surface area (Å²) in [6, 6.07) is 37.1. The number of aromatic nitrogens is 1. The van der Waals surface area contributed by atoms with Crippen molar-refractivity contribution in [1.82, 2.24) is 4.57 Å². The van der Waals surface area contributed by atoms with E-state index in [2.05, 4.69) is 71.3 Å². The number of ether oxygens (including phenoxy) is 1. The van der Waals surface area contributed by atoms with Gasteiger partial charge < -0.3 is 9.30 Å². The summed E-state index contributed by atoms with van der Waals surface area (Å²) in [5.74, 6) is 0.856. The minimum atomic E-state index is 0.636. The summed E-state index contributed by atoms with van der Waals surface area (Å²) in [6.07, 6.45) is 1.94. The Kier molecular flexibility index (Phi) is 7.01. The van der Waals surface area contributed by atoms with Crippen LogP contribution in [0.1, 0.15) is 18.1 Å². The zero-order valence-electron chi connectivity index (χ0n) is 20.4. The molecule has 0 spiro atoms. The third kappa shape index (κ3) is 4.84. The number of nitrogens with zero attached hydrogens (tertiary/aromatic N) is 2. The minimum Gasteiger partial charge on any atom is -0.494 e. The average Bonchev–Trinajstić information content (AvgIpc) is 3.31. The molecular weight excluding hydrogens is 464 g/mol. The lowest BCUT2D eigenvalue weighted by atomic mass is 10.1. The number of hydrogen-bond acceptors (Lipinski definition) is 2. The number of aliphatic imine (C=N–C) groups is 1. The molecule has 1 aromatic heterocycles. The van der Waals surface area contributed by atoms with Gasteiger partial charge in [-0.1, -0.05) is 78.3 Å². The fraction of sp³-hybridized carbons (Fsp3) is 0.0938. The maximum absolute atomic E-state index is 6.36. The highest BCUT2D eigenvalue weighted by molar-refractivity contribution is 6.31. The van der Waals surface area contributed by atoms with E-state index in [9.17, 15) is 0 Å². The van der Waals surface area contributed by atoms with E-state index in [4.69, 9.17) is 21.3 Å². The quantitative estimate of drug-likeness (QED) is 0.209. The van der Waals surface area contributed by atoms with Crippen LogP contribution in [0, 0.1) is 6.92 Å². The molecule has 0 amide bonds. The topological polar surface area (TPSA) is 26.5 Å². The molecule has 0 aliphatic heterocycles. The lowest BCUT2D eigenvalue weighted by Gasteiger charge is -2.15. The third-order valence-corrected chi connectivity index (χ3v) is 6.54. The molecule has 0 saturated carbocycles. The van der Waals surface area contributed by atoms with Crippen LogP contribution in [0.3, 0.4) is 0 Å². The fourth-order valence-corrected chi connectivity index (χ4v) is 4.51. The Morgan fingerprint density at radius 1 is 0.806 bits per heavy atom. The lowest BCUT2D eigenvalue weighted by molar-refractivity contribution is 0.340. The van der Waals surface area contributed by atoms with Crippen molar-refractivity contribution in [2.45, 2.75) is 13.8 Å². The molecule has 0 atom stereocenters. The normalized spacial score (nSPS) is 11.2. The molecule has 0 N–H and O–H groups in total. The first kappa shape index (κ1) is 23.7. The average molecular weight is 491 g/mol. The van der Waals surface area contributed by atoms with E-state index >= 15 is 0 Å². The Morgan fingerprint density at radius 2 is 1.47 bits per heavy atom. The summed E-state index contributed by atoms with van der Waals surface area (Å²) < 4.78 is 8.00. The molecule has 0 aliphatic carbocycles. The molecule has 0 unspecified atom stereocenters. The largest absolute Gasteiger partial charge is 0.494 e. The van der Waals surface area contributed by atoms with E-state index in [0.29, 0.717) is 11.6 Å². The van der Waals surface area contributed by atoms with Crippen LogP contribution in [0.5, 0.6) is 5.75 Å². The molecule has 3 nitrogen and oxygen atoms in total. The van der Waals surface area contributed by atoms with Crippen LogP contribution in [0.4, 0.5) is 5.69 Å². The van der Waals surface area contributed by atoms with Gasteiger partial charge in [-0.15, -0.1) is 0 Å². The monoisotopic (exact) mass is 490 g/mol. The Hall–Kier alpha value is -4.08. The lowest BCUT2D eigenvalue weighted by Crippen LogP contribution is -2.01. The second-order valence-electron chi connectivity index (χ2n) is 8.47. The van der Waals surface area contributed by atoms with Crippen LogP contribution in [0.15, 0.2) is 114 Å². The van der Waals surface area contributed by atoms with Gasteiger partial charge in [-0.25, -0.2) is 0 Å². The second-order valence-corrected chi connectivity index (χ2v) is 8.88. The molecule has 0 bridgehead atoms. The SMILES string of the molecule is CCOc1ccc(-n2c(-c3ccccc3)cc(C=Nc3cccc(Cl)c3C)c2-c2ccccc2)cc1. The predicted molar refractivity (Wildman–Crippen MR) is 151 cm³/mol. The molecule has 36 heavy (non-hydrogen) atoms. The zero-order chi connectivity index (χ0) is 24.9. The van der Waals surface area contributed by atoms with Gasteiger partial charge in [0.2, 0.25) is 0 Å². The van der Waals surface area contributed by atoms with Gasteiger partial charge in [-0.2, -0.15) is 0 Å². The summed E-state index contributed by atoms with van der Waals surface area (Å²) in [7, 11) is 0. The Bertz CT molecular complexity index is 1490. The predicted octanol–water partition coefficient (Wildman–Crippen LogP) is 8.92. The molecule has 1 heterocycles. The molecule has 4 heteroatoms. The Morgan fingerprint density at radius 3 is 2.14 bits per heavy atom. The summed E-state index contributed by atoms with van der Waals surface area (Å²) in [5.41, 5.74) is 8.29. The molecule has 0 saturated heterocycles. The standard InChI is InChI=1S/C32H27ClN2O/c1-3-36-28-19-17-27(18-20-28)35-31(24-11-6-4-7-12-24)21-26(32(35)25-13-8-5-9-14-25)22-34-30-16-10-15-29(33)23(30)2/h4-22H,3H2,1-2H3. The van der Waals surface area contributed by atoms with Crippen molar-refractivity contribution in [1.29, 1.82) is 0 Å². The highest BCUT2D eigenvalue weighted by Crippen LogP contribution is 2.36. The van der Waals surface area contributed by atoms with Crippen molar-refractivity contribution in [3.63, 3.8) is 0 Å². The van der Waals surface area contributed by atoms with E-state index in [-0.39, 0.29) is 0 Å². The van der Waals surface area contributed by atoms with Crippen LogP contribution in [-0.2, 0) is 0 Å². The molecule has 0 aliphatic rings. The van der Waals surface area contributed by atoms with Crippen molar-refractivity contribution in [2.24, 2.45) is 4.99 Å². The second kappa shape index (κ2) is 10.7. The fourth-order valence-electron chi connectivity index (χ4n) is 4.34. The van der Waals surface area contributed by atoms with Crippen molar-refractivity contribution >= 4 is 23.5 Å². The van der Waals surface area contributed by atoms with E-state index in [1.165, 1.54) is 0 Å². The molecule has 0 fully saturated rings. The van der Waals surface area contributed by atoms with Crippen LogP contribution in [0.25, 0.3) is 28.2 Å². The maximum atomic E-state index is 6.36. The van der Waals surface area contributed by atoms with E-state index in [1.807, 2.05) is 62.5 Å². The van der Waals surface area contributed by atoms with Gasteiger partial charge >= 0.3 is 0 Å². The zero-order valence-corrected chi connectivity index (χ0v) is 21.1. The van der Waals surface area contributed by atoms with Crippen LogP contribution in [0.2, 0.25) is 5.02 Å². The Balaban J connectivity index is 1.75. The molecule has 5 aromatic rings. The van der Waals surface area contributed by atoms with Crippen molar-refractivity contribution in [2.75, 3.05) is 6.61 Å². The number of halogens is 1. The third-order valence-electron chi connectivity index (χ3n) is 6.13. The summed E-state index contributed by atoms with van der Waals surface area (Å²) >= 11 is 6.36. The highest BCUT2D eigenvalue weighted by Gasteiger charge is 2.19. The van der Waals surface area contributed by atoms with Crippen LogP contribution < -0.4 is 4.74 Å². The van der Waals surface area contributed by atoms with Gasteiger partial charge in [0.25, 0.3) is 0 Å². The van der Waals surface area contributed by atoms with Crippen molar-refractivity contribution in [3.05, 3.63) is 125 Å². The van der Waals surface area contributed by atoms with Crippen molar-refractivity contribution < 1.29 is 4.74 Å². The first-order chi connectivity index (χ1) is 17.7. The van der Waals surface area contributed by atoms with E-state index < -0.39 is 0 Å². The first-order valence-electron chi connectivity index (χ1n) is 12.0. The van der Waals surface area contributed by atoms with Crippen molar-refractivity contribution in [3.8, 4) is 34.0 Å². The Labute approximate surface area is 217 Å². The van der Waals surface area contributed by atoms with Gasteiger partial charge in [0.15, 0.2) is 0 Å². The van der Waals surface area contributed by atoms with E-state index in [1.54, 1.807) is 0 Å². The van der Waals surface area contributed by atoms with Crippen LogP contribution >= 0.6 is 11.6 Å². The summed E-state index contributed by atoms with van der Waals surface area (Å²) in [5, 5.41) is 0.713. The number of rotatable bonds is 7. The van der Waals surface area contributed by atoms with E-state index in [0.717, 1.165) is 50.8 Å². The van der Waals surface area contributed by atoms with Gasteiger partial charge in [0, 0.05) is 22.5 Å². The smallest absolute Gasteiger partial charge is 0.119 e. The molecular formula is C32H27ClN2O. The summed E-state index contributed by atoms with van der Waals surface area (Å²) in [4.78, 5) is 4.86. The number of hydrogen-bond donors (Lipinski definition) is 0. The van der Waals surface area contributed by atoms with Crippen LogP contribution in [-0.4, -0.2) is 17.4 Å². The number of benzene rings is 4. The van der Waals surface area contributed by atoms with Gasteiger partial charge in [0.05, 0.1) is 23.7 Å². The summed E-state index contributed by atoms with van der Waals surface area (Å²) in [6.45, 7) is 4.62. The highest BCUT2D eigenvalue weighted by atomic mass is 35.5. The first-order valence-corrected chi connectivity index (χ1v) is 12.4. The van der Waals surface area contributed by atoms with Gasteiger partial charge in [-0.05, 0) is 73.0 Å². The van der Waals surface area contributed by atoms with Gasteiger partial charge in [0.1, 0.15) is 5.75 Å². The maximum Gasteiger partial charge on any atom is 0.119 e. The molecule has 5 rings (SSSR count). The minimum absolute atomic E-state index is 0.636. The molecule has 178 valence electrons. The molecule has 4 aromatic carbocycles.